The lowest BCUT2D eigenvalue weighted by molar-refractivity contribution is 0.652. The van der Waals surface area contributed by atoms with E-state index in [9.17, 15) is 0 Å². The zero-order chi connectivity index (χ0) is 15.5. The Morgan fingerprint density at radius 3 is 1.91 bits per heavy atom. The number of anilines is 1. The van der Waals surface area contributed by atoms with Gasteiger partial charge in [0, 0.05) is 12.1 Å². The molecule has 1 heterocycles. The van der Waals surface area contributed by atoms with Gasteiger partial charge >= 0.3 is 0 Å². The molecular formula is C21H18N2. The Morgan fingerprint density at radius 2 is 1.26 bits per heavy atom. The fourth-order valence-electron chi connectivity index (χ4n) is 3.04. The molecule has 0 radical (unpaired) electrons. The Bertz CT molecular complexity index is 795. The van der Waals surface area contributed by atoms with Crippen molar-refractivity contribution >= 4 is 17.2 Å². The molecule has 2 heteroatoms. The molecule has 1 aliphatic rings. The Kier molecular flexibility index (Phi) is 3.65. The zero-order valence-corrected chi connectivity index (χ0v) is 12.8. The molecular weight excluding hydrogens is 280 g/mol. The molecule has 1 unspecified atom stereocenters. The largest absolute Gasteiger partial charge is 0.322 e. The smallest absolute Gasteiger partial charge is 0.112 e. The Morgan fingerprint density at radius 1 is 0.696 bits per heavy atom. The van der Waals surface area contributed by atoms with Gasteiger partial charge in [0.25, 0.3) is 0 Å². The summed E-state index contributed by atoms with van der Waals surface area (Å²) < 4.78 is 0. The molecule has 3 aromatic rings. The van der Waals surface area contributed by atoms with Crippen LogP contribution in [-0.2, 0) is 0 Å². The van der Waals surface area contributed by atoms with E-state index in [1.807, 2.05) is 30.3 Å². The van der Waals surface area contributed by atoms with E-state index in [1.54, 1.807) is 0 Å². The minimum absolute atomic E-state index is 0.362. The monoisotopic (exact) mass is 298 g/mol. The highest BCUT2D eigenvalue weighted by atomic mass is 15.3. The second-order valence-corrected chi connectivity index (χ2v) is 5.70. The van der Waals surface area contributed by atoms with E-state index >= 15 is 0 Å². The molecule has 0 spiro atoms. The lowest BCUT2D eigenvalue weighted by Crippen LogP contribution is -2.46. The first kappa shape index (κ1) is 13.8. The number of hydrogen-bond donors (Lipinski definition) is 0. The van der Waals surface area contributed by atoms with Crippen molar-refractivity contribution in [3.8, 4) is 0 Å². The first-order chi connectivity index (χ1) is 11.4. The molecule has 1 aliphatic heterocycles. The van der Waals surface area contributed by atoms with Gasteiger partial charge in [-0.05, 0) is 29.8 Å². The fraction of sp³-hybridized carbons (Fsp3) is 0.0952. The van der Waals surface area contributed by atoms with Gasteiger partial charge in [-0.1, -0.05) is 66.7 Å². The molecule has 2 nitrogen and oxygen atoms in total. The number of aliphatic imine (C=N–C) groups is 1. The van der Waals surface area contributed by atoms with Crippen molar-refractivity contribution in [3.05, 3.63) is 96.6 Å². The van der Waals surface area contributed by atoms with Crippen LogP contribution in [0.3, 0.4) is 0 Å². The Balaban J connectivity index is 1.70. The van der Waals surface area contributed by atoms with Crippen LogP contribution in [0.15, 0.2) is 96.0 Å². The van der Waals surface area contributed by atoms with E-state index in [2.05, 4.69) is 65.6 Å². The van der Waals surface area contributed by atoms with Gasteiger partial charge in [-0.3, -0.25) is 0 Å². The second kappa shape index (κ2) is 6.09. The zero-order valence-electron chi connectivity index (χ0n) is 12.8. The number of para-hydroxylation sites is 2. The molecule has 112 valence electrons. The first-order valence-corrected chi connectivity index (χ1v) is 7.94. The van der Waals surface area contributed by atoms with Gasteiger partial charge in [0.1, 0.15) is 5.84 Å². The van der Waals surface area contributed by atoms with Gasteiger partial charge in [0.2, 0.25) is 0 Å². The van der Waals surface area contributed by atoms with Crippen molar-refractivity contribution in [2.24, 2.45) is 4.99 Å². The van der Waals surface area contributed by atoms with Crippen LogP contribution in [0.25, 0.3) is 0 Å². The normalized spacial score (nSPS) is 18.7. The number of nitrogens with zero attached hydrogens (tertiary/aromatic N) is 2. The van der Waals surface area contributed by atoms with Crippen LogP contribution >= 0.6 is 0 Å². The molecule has 0 N–H and O–H groups in total. The summed E-state index contributed by atoms with van der Waals surface area (Å²) >= 11 is 0. The molecule has 23 heavy (non-hydrogen) atoms. The van der Waals surface area contributed by atoms with Crippen LogP contribution in [0.4, 0.5) is 11.4 Å². The summed E-state index contributed by atoms with van der Waals surface area (Å²) in [5.41, 5.74) is 3.54. The van der Waals surface area contributed by atoms with Crippen molar-refractivity contribution in [2.75, 3.05) is 4.90 Å². The summed E-state index contributed by atoms with van der Waals surface area (Å²) in [6, 6.07) is 31.7. The van der Waals surface area contributed by atoms with Gasteiger partial charge in [-0.25, -0.2) is 4.99 Å². The van der Waals surface area contributed by atoms with Crippen molar-refractivity contribution in [3.63, 3.8) is 0 Å². The van der Waals surface area contributed by atoms with E-state index in [0.717, 1.165) is 17.9 Å². The second-order valence-electron chi connectivity index (χ2n) is 5.70. The maximum atomic E-state index is 4.84. The molecule has 0 aromatic heterocycles. The van der Waals surface area contributed by atoms with Gasteiger partial charge in [0.15, 0.2) is 0 Å². The summed E-state index contributed by atoms with van der Waals surface area (Å²) in [4.78, 5) is 7.18. The molecule has 4 rings (SSSR count). The molecule has 1 saturated heterocycles. The third kappa shape index (κ3) is 2.76. The van der Waals surface area contributed by atoms with Crippen molar-refractivity contribution in [1.29, 1.82) is 0 Å². The standard InChI is InChI=1S/C21H18N2/c1-4-10-17(11-5-1)20-16-21(22-18-12-6-2-7-13-18)23(20)19-14-8-3-9-15-19/h1-15,20H,16H2. The van der Waals surface area contributed by atoms with Crippen LogP contribution in [-0.4, -0.2) is 5.84 Å². The van der Waals surface area contributed by atoms with Crippen LogP contribution in [0.1, 0.15) is 18.0 Å². The van der Waals surface area contributed by atoms with E-state index < -0.39 is 0 Å². The van der Waals surface area contributed by atoms with Gasteiger partial charge < -0.3 is 4.90 Å². The molecule has 1 fully saturated rings. The SMILES string of the molecule is c1ccc(N=C2CC(c3ccccc3)N2c2ccccc2)cc1. The average molecular weight is 298 g/mol. The van der Waals surface area contributed by atoms with Gasteiger partial charge in [0.05, 0.1) is 11.7 Å². The first-order valence-electron chi connectivity index (χ1n) is 7.94. The highest BCUT2D eigenvalue weighted by Gasteiger charge is 2.36. The van der Waals surface area contributed by atoms with Gasteiger partial charge in [-0.2, -0.15) is 0 Å². The number of amidine groups is 1. The summed E-state index contributed by atoms with van der Waals surface area (Å²) in [5, 5.41) is 0. The quantitative estimate of drug-likeness (QED) is 0.635. The summed E-state index contributed by atoms with van der Waals surface area (Å²) in [5.74, 6) is 1.12. The average Bonchev–Trinajstić information content (AvgIpc) is 2.61. The van der Waals surface area contributed by atoms with E-state index in [-0.39, 0.29) is 0 Å². The highest BCUT2D eigenvalue weighted by Crippen LogP contribution is 2.40. The molecule has 0 amide bonds. The predicted molar refractivity (Wildman–Crippen MR) is 96.3 cm³/mol. The predicted octanol–water partition coefficient (Wildman–Crippen LogP) is 5.37. The Labute approximate surface area is 136 Å². The molecule has 0 bridgehead atoms. The maximum Gasteiger partial charge on any atom is 0.112 e. The van der Waals surface area contributed by atoms with Crippen LogP contribution in [0.5, 0.6) is 0 Å². The van der Waals surface area contributed by atoms with Gasteiger partial charge in [-0.15, -0.1) is 0 Å². The maximum absolute atomic E-state index is 4.84. The highest BCUT2D eigenvalue weighted by molar-refractivity contribution is 6.06. The lowest BCUT2D eigenvalue weighted by atomic mass is 9.92. The van der Waals surface area contributed by atoms with Crippen LogP contribution in [0, 0.1) is 0 Å². The molecule has 1 atom stereocenters. The molecule has 0 aliphatic carbocycles. The molecule has 3 aromatic carbocycles. The lowest BCUT2D eigenvalue weighted by Gasteiger charge is -2.44. The van der Waals surface area contributed by atoms with E-state index in [1.165, 1.54) is 11.3 Å². The summed E-state index contributed by atoms with van der Waals surface area (Å²) in [6.07, 6.45) is 0.966. The topological polar surface area (TPSA) is 15.6 Å². The third-order valence-corrected chi connectivity index (χ3v) is 4.20. The molecule has 0 saturated carbocycles. The third-order valence-electron chi connectivity index (χ3n) is 4.20. The van der Waals surface area contributed by atoms with E-state index in [0.29, 0.717) is 6.04 Å². The number of hydrogen-bond acceptors (Lipinski definition) is 1. The fourth-order valence-corrected chi connectivity index (χ4v) is 3.04. The minimum atomic E-state index is 0.362. The summed E-state index contributed by atoms with van der Waals surface area (Å²) in [6.45, 7) is 0. The van der Waals surface area contributed by atoms with Crippen LogP contribution < -0.4 is 4.90 Å². The number of benzene rings is 3. The van der Waals surface area contributed by atoms with Crippen LogP contribution in [0.2, 0.25) is 0 Å². The number of rotatable bonds is 3. The van der Waals surface area contributed by atoms with Crippen molar-refractivity contribution in [1.82, 2.24) is 0 Å². The Hall–Kier alpha value is -2.87. The van der Waals surface area contributed by atoms with E-state index in [4.69, 9.17) is 4.99 Å². The minimum Gasteiger partial charge on any atom is -0.322 e. The van der Waals surface area contributed by atoms with Crippen molar-refractivity contribution < 1.29 is 0 Å². The summed E-state index contributed by atoms with van der Waals surface area (Å²) in [7, 11) is 0. The van der Waals surface area contributed by atoms with Crippen molar-refractivity contribution in [2.45, 2.75) is 12.5 Å².